The van der Waals surface area contributed by atoms with Gasteiger partial charge in [-0.2, -0.15) is 0 Å². The van der Waals surface area contributed by atoms with Crippen LogP contribution in [0.3, 0.4) is 0 Å². The topological polar surface area (TPSA) is 130 Å². The van der Waals surface area contributed by atoms with E-state index in [1.54, 1.807) is 32.9 Å². The second-order valence-corrected chi connectivity index (χ2v) is 11.8. The third-order valence-electron chi connectivity index (χ3n) is 5.90. The van der Waals surface area contributed by atoms with Gasteiger partial charge in [0.2, 0.25) is 11.8 Å². The van der Waals surface area contributed by atoms with E-state index in [0.29, 0.717) is 18.6 Å². The molecule has 0 aliphatic heterocycles. The van der Waals surface area contributed by atoms with Crippen LogP contribution in [0.25, 0.3) is 0 Å². The number of aliphatic hydroxyl groups is 1. The fourth-order valence-electron chi connectivity index (χ4n) is 4.20. The van der Waals surface area contributed by atoms with Gasteiger partial charge in [0.15, 0.2) is 0 Å². The highest BCUT2D eigenvalue weighted by molar-refractivity contribution is 5.91. The number of ether oxygens (including phenoxy) is 1. The van der Waals surface area contributed by atoms with E-state index in [0.717, 1.165) is 5.56 Å². The van der Waals surface area contributed by atoms with Gasteiger partial charge in [0.25, 0.3) is 0 Å². The van der Waals surface area contributed by atoms with Crippen molar-refractivity contribution < 1.29 is 28.6 Å². The molecule has 2 rings (SSSR count). The maximum Gasteiger partial charge on any atom is 0.408 e. The van der Waals surface area contributed by atoms with E-state index in [-0.39, 0.29) is 18.3 Å². The van der Waals surface area contributed by atoms with Gasteiger partial charge in [-0.3, -0.25) is 9.59 Å². The largest absolute Gasteiger partial charge is 0.467 e. The molecule has 1 heterocycles. The first-order chi connectivity index (χ1) is 18.2. The number of hydrogen-bond donors (Lipinski definition) is 4. The summed E-state index contributed by atoms with van der Waals surface area (Å²) >= 11 is 0. The standard InChI is InChI=1S/C30H45N3O6/c1-19(2)16-22(26(34)25-14-11-15-38-25)31-27(35)23(17-20(3)4)32-28(36)24(18-21-12-9-8-10-13-21)33-29(37)39-30(5,6)7/h8-15,19-20,22-24,26,34H,16-18H2,1-7H3,(H,31,35)(H,32,36)(H,33,37)/t22-,23+,24+,26+/m1/s1. The van der Waals surface area contributed by atoms with Crippen LogP contribution in [0.5, 0.6) is 0 Å². The molecule has 2 aromatic rings. The first-order valence-corrected chi connectivity index (χ1v) is 13.6. The van der Waals surface area contributed by atoms with Crippen LogP contribution in [0, 0.1) is 11.8 Å². The monoisotopic (exact) mass is 543 g/mol. The molecule has 0 radical (unpaired) electrons. The molecule has 4 atom stereocenters. The molecule has 4 N–H and O–H groups in total. The van der Waals surface area contributed by atoms with E-state index in [1.165, 1.54) is 6.26 Å². The number of amides is 3. The Kier molecular flexibility index (Phi) is 12.0. The highest BCUT2D eigenvalue weighted by atomic mass is 16.6. The molecule has 0 aliphatic carbocycles. The number of nitrogens with one attached hydrogen (secondary N) is 3. The molecule has 9 nitrogen and oxygen atoms in total. The predicted molar refractivity (Wildman–Crippen MR) is 150 cm³/mol. The summed E-state index contributed by atoms with van der Waals surface area (Å²) in [7, 11) is 0. The van der Waals surface area contributed by atoms with E-state index in [4.69, 9.17) is 9.15 Å². The van der Waals surface area contributed by atoms with Crippen molar-refractivity contribution in [2.75, 3.05) is 0 Å². The van der Waals surface area contributed by atoms with Crippen molar-refractivity contribution in [1.82, 2.24) is 16.0 Å². The number of benzene rings is 1. The van der Waals surface area contributed by atoms with Gasteiger partial charge in [-0.15, -0.1) is 0 Å². The molecule has 0 spiro atoms. The Morgan fingerprint density at radius 2 is 1.46 bits per heavy atom. The second kappa shape index (κ2) is 14.7. The van der Waals surface area contributed by atoms with Crippen molar-refractivity contribution >= 4 is 17.9 Å². The molecule has 3 amide bonds. The Labute approximate surface area is 232 Å². The van der Waals surface area contributed by atoms with Crippen LogP contribution in [0.2, 0.25) is 0 Å². The van der Waals surface area contributed by atoms with Crippen LogP contribution >= 0.6 is 0 Å². The summed E-state index contributed by atoms with van der Waals surface area (Å²) < 4.78 is 10.7. The van der Waals surface area contributed by atoms with Gasteiger partial charge < -0.3 is 30.2 Å². The Hall–Kier alpha value is -3.33. The summed E-state index contributed by atoms with van der Waals surface area (Å²) in [6, 6.07) is 10.2. The number of furan rings is 1. The highest BCUT2D eigenvalue weighted by Gasteiger charge is 2.32. The van der Waals surface area contributed by atoms with Gasteiger partial charge in [-0.05, 0) is 63.1 Å². The summed E-state index contributed by atoms with van der Waals surface area (Å²) in [4.78, 5) is 39.6. The molecule has 0 unspecified atom stereocenters. The lowest BCUT2D eigenvalue weighted by Gasteiger charge is -2.29. The molecule has 39 heavy (non-hydrogen) atoms. The van der Waals surface area contributed by atoms with Crippen LogP contribution in [0.15, 0.2) is 53.1 Å². The van der Waals surface area contributed by atoms with Gasteiger partial charge in [-0.25, -0.2) is 4.79 Å². The summed E-state index contributed by atoms with van der Waals surface area (Å²) in [6.45, 7) is 13.1. The first-order valence-electron chi connectivity index (χ1n) is 13.6. The molecule has 0 saturated heterocycles. The lowest BCUT2D eigenvalue weighted by molar-refractivity contribution is -0.131. The minimum Gasteiger partial charge on any atom is -0.467 e. The number of hydrogen-bond acceptors (Lipinski definition) is 6. The smallest absolute Gasteiger partial charge is 0.408 e. The minimum absolute atomic E-state index is 0.0889. The molecule has 0 aliphatic rings. The molecule has 216 valence electrons. The van der Waals surface area contributed by atoms with Crippen molar-refractivity contribution in [2.45, 2.75) is 97.6 Å². The summed E-state index contributed by atoms with van der Waals surface area (Å²) in [5.74, 6) is -0.284. The zero-order valence-electron chi connectivity index (χ0n) is 24.2. The number of aliphatic hydroxyl groups excluding tert-OH is 1. The van der Waals surface area contributed by atoms with Crippen molar-refractivity contribution in [3.05, 3.63) is 60.1 Å². The molecule has 0 fully saturated rings. The summed E-state index contributed by atoms with van der Waals surface area (Å²) in [6.07, 6.45) is 0.803. The number of alkyl carbamates (subject to hydrolysis) is 1. The quantitative estimate of drug-likeness (QED) is 0.294. The van der Waals surface area contributed by atoms with Crippen LogP contribution in [0.4, 0.5) is 4.79 Å². The Bertz CT molecular complexity index is 1030. The zero-order valence-corrected chi connectivity index (χ0v) is 24.2. The highest BCUT2D eigenvalue weighted by Crippen LogP contribution is 2.22. The Morgan fingerprint density at radius 3 is 2.00 bits per heavy atom. The molecule has 1 aromatic heterocycles. The van der Waals surface area contributed by atoms with Crippen LogP contribution in [-0.2, 0) is 20.7 Å². The van der Waals surface area contributed by atoms with E-state index in [9.17, 15) is 19.5 Å². The Morgan fingerprint density at radius 1 is 0.846 bits per heavy atom. The van der Waals surface area contributed by atoms with Gasteiger partial charge in [0, 0.05) is 6.42 Å². The number of rotatable bonds is 13. The van der Waals surface area contributed by atoms with Crippen LogP contribution < -0.4 is 16.0 Å². The summed E-state index contributed by atoms with van der Waals surface area (Å²) in [5, 5.41) is 19.3. The zero-order chi connectivity index (χ0) is 29.2. The third-order valence-corrected chi connectivity index (χ3v) is 5.90. The van der Waals surface area contributed by atoms with Crippen molar-refractivity contribution in [3.8, 4) is 0 Å². The second-order valence-electron chi connectivity index (χ2n) is 11.8. The fraction of sp³-hybridized carbons (Fsp3) is 0.567. The van der Waals surface area contributed by atoms with Crippen molar-refractivity contribution in [2.24, 2.45) is 11.8 Å². The number of carbonyl (C=O) groups is 3. The molecule has 1 aromatic carbocycles. The molecular formula is C30H45N3O6. The molecule has 0 bridgehead atoms. The van der Waals surface area contributed by atoms with Crippen LogP contribution in [0.1, 0.15) is 78.7 Å². The fourth-order valence-corrected chi connectivity index (χ4v) is 4.20. The number of carbonyl (C=O) groups excluding carboxylic acids is 3. The van der Waals surface area contributed by atoms with Gasteiger partial charge >= 0.3 is 6.09 Å². The molecule has 9 heteroatoms. The summed E-state index contributed by atoms with van der Waals surface area (Å²) in [5.41, 5.74) is 0.107. The maximum atomic E-state index is 13.5. The first kappa shape index (κ1) is 31.9. The minimum atomic E-state index is -1.04. The van der Waals surface area contributed by atoms with Gasteiger partial charge in [0.1, 0.15) is 29.5 Å². The maximum absolute atomic E-state index is 13.5. The van der Waals surface area contributed by atoms with Crippen molar-refractivity contribution in [1.29, 1.82) is 0 Å². The van der Waals surface area contributed by atoms with E-state index in [2.05, 4.69) is 16.0 Å². The average Bonchev–Trinajstić information content (AvgIpc) is 3.36. The molecule has 0 saturated carbocycles. The van der Waals surface area contributed by atoms with E-state index in [1.807, 2.05) is 58.0 Å². The van der Waals surface area contributed by atoms with E-state index >= 15 is 0 Å². The lowest BCUT2D eigenvalue weighted by atomic mass is 9.96. The SMILES string of the molecule is CC(C)C[C@H](NC(=O)[C@H](Cc1ccccc1)NC(=O)OC(C)(C)C)C(=O)N[C@H](CC(C)C)[C@H](O)c1ccco1. The van der Waals surface area contributed by atoms with Gasteiger partial charge in [0.05, 0.1) is 12.3 Å². The van der Waals surface area contributed by atoms with Crippen LogP contribution in [-0.4, -0.2) is 46.7 Å². The molecular weight excluding hydrogens is 498 g/mol. The third kappa shape index (κ3) is 11.5. The Balaban J connectivity index is 2.23. The average molecular weight is 544 g/mol. The predicted octanol–water partition coefficient (Wildman–Crippen LogP) is 4.51. The van der Waals surface area contributed by atoms with Gasteiger partial charge in [-0.1, -0.05) is 58.0 Å². The lowest BCUT2D eigenvalue weighted by Crippen LogP contribution is -2.56. The normalized spacial score (nSPS) is 14.8. The van der Waals surface area contributed by atoms with Crippen molar-refractivity contribution in [3.63, 3.8) is 0 Å². The van der Waals surface area contributed by atoms with E-state index < -0.39 is 47.7 Å².